The van der Waals surface area contributed by atoms with Crippen molar-refractivity contribution in [1.29, 1.82) is 0 Å². The number of carbonyl (C=O) groups is 1. The minimum Gasteiger partial charge on any atom is -0.355 e. The smallest absolute Gasteiger partial charge is 0.230 e. The van der Waals surface area contributed by atoms with Gasteiger partial charge in [0.2, 0.25) is 5.91 Å². The highest BCUT2D eigenvalue weighted by Gasteiger charge is 2.30. The van der Waals surface area contributed by atoms with Crippen molar-refractivity contribution >= 4 is 29.4 Å². The molecule has 1 fully saturated rings. The summed E-state index contributed by atoms with van der Waals surface area (Å²) in [6.07, 6.45) is 2.31. The molecule has 8 heteroatoms. The molecule has 0 radical (unpaired) electrons. The van der Waals surface area contributed by atoms with E-state index in [1.165, 1.54) is 23.4 Å². The van der Waals surface area contributed by atoms with Crippen molar-refractivity contribution in [2.75, 3.05) is 18.1 Å². The number of nitrogens with zero attached hydrogens (tertiary/aromatic N) is 3. The van der Waals surface area contributed by atoms with E-state index in [2.05, 4.69) is 32.2 Å². The third-order valence-corrected chi connectivity index (χ3v) is 6.96. The van der Waals surface area contributed by atoms with Gasteiger partial charge in [0.1, 0.15) is 11.6 Å². The second-order valence-electron chi connectivity index (χ2n) is 7.47. The van der Waals surface area contributed by atoms with Crippen molar-refractivity contribution in [1.82, 2.24) is 20.1 Å². The first kappa shape index (κ1) is 21.9. The number of nitrogens with one attached hydrogen (secondary N) is 1. The first-order valence-corrected chi connectivity index (χ1v) is 12.5. The number of carbonyl (C=O) groups excluding carboxylic acids is 1. The molecule has 162 valence electrons. The predicted molar refractivity (Wildman–Crippen MR) is 124 cm³/mol. The van der Waals surface area contributed by atoms with E-state index in [1.54, 1.807) is 23.9 Å². The predicted octanol–water partition coefficient (Wildman–Crippen LogP) is 4.48. The Morgan fingerprint density at radius 2 is 1.87 bits per heavy atom. The maximum Gasteiger partial charge on any atom is 0.230 e. The zero-order valence-electron chi connectivity index (χ0n) is 17.2. The Labute approximate surface area is 190 Å². The molecule has 0 bridgehead atoms. The average Bonchev–Trinajstić information content (AvgIpc) is 3.55. The lowest BCUT2D eigenvalue weighted by atomic mass is 10.2. The van der Waals surface area contributed by atoms with Gasteiger partial charge in [-0.1, -0.05) is 60.3 Å². The molecule has 0 saturated heterocycles. The number of aromatic nitrogens is 3. The minimum absolute atomic E-state index is 0.0290. The maximum absolute atomic E-state index is 13.6. The van der Waals surface area contributed by atoms with Crippen LogP contribution in [0.4, 0.5) is 4.39 Å². The number of rotatable bonds is 11. The standard InChI is InChI=1S/C23H25FN4OS2/c24-20-9-5-4-8-19(20)15-30-13-12-25-21(29)16-31-23-27-26-22(18-10-11-18)28(23)14-17-6-2-1-3-7-17/h1-9,18H,10-16H2,(H,25,29). The lowest BCUT2D eigenvalue weighted by Crippen LogP contribution is -2.27. The number of amides is 1. The van der Waals surface area contributed by atoms with Crippen LogP contribution in [0.15, 0.2) is 59.8 Å². The van der Waals surface area contributed by atoms with Gasteiger partial charge < -0.3 is 9.88 Å². The first-order valence-electron chi connectivity index (χ1n) is 10.4. The van der Waals surface area contributed by atoms with Gasteiger partial charge in [0.05, 0.1) is 12.3 Å². The van der Waals surface area contributed by atoms with Crippen molar-refractivity contribution in [2.45, 2.75) is 36.2 Å². The van der Waals surface area contributed by atoms with Crippen LogP contribution >= 0.6 is 23.5 Å². The van der Waals surface area contributed by atoms with Gasteiger partial charge in [-0.15, -0.1) is 10.2 Å². The fourth-order valence-electron chi connectivity index (χ4n) is 3.21. The molecular formula is C23H25FN4OS2. The Hall–Kier alpha value is -2.32. The molecule has 5 nitrogen and oxygen atoms in total. The first-order chi connectivity index (χ1) is 15.2. The summed E-state index contributed by atoms with van der Waals surface area (Å²) in [5.41, 5.74) is 1.89. The molecule has 1 saturated carbocycles. The van der Waals surface area contributed by atoms with E-state index in [1.807, 2.05) is 24.3 Å². The van der Waals surface area contributed by atoms with Crippen LogP contribution in [-0.4, -0.2) is 38.7 Å². The molecule has 2 aromatic carbocycles. The molecule has 0 atom stereocenters. The summed E-state index contributed by atoms with van der Waals surface area (Å²) in [7, 11) is 0. The number of thioether (sulfide) groups is 2. The van der Waals surface area contributed by atoms with Gasteiger partial charge in [-0.25, -0.2) is 4.39 Å². The van der Waals surface area contributed by atoms with Crippen LogP contribution < -0.4 is 5.32 Å². The van der Waals surface area contributed by atoms with Gasteiger partial charge in [0, 0.05) is 24.0 Å². The van der Waals surface area contributed by atoms with Gasteiger partial charge in [0.25, 0.3) is 0 Å². The molecule has 4 rings (SSSR count). The zero-order valence-corrected chi connectivity index (χ0v) is 18.8. The lowest BCUT2D eigenvalue weighted by Gasteiger charge is -2.10. The second kappa shape index (κ2) is 10.8. The normalized spacial score (nSPS) is 13.3. The molecule has 0 spiro atoms. The van der Waals surface area contributed by atoms with E-state index < -0.39 is 0 Å². The highest BCUT2D eigenvalue weighted by molar-refractivity contribution is 7.99. The Balaban J connectivity index is 1.23. The van der Waals surface area contributed by atoms with Crippen molar-refractivity contribution in [3.8, 4) is 0 Å². The van der Waals surface area contributed by atoms with E-state index in [-0.39, 0.29) is 11.7 Å². The van der Waals surface area contributed by atoms with Crippen LogP contribution in [0, 0.1) is 5.82 Å². The Morgan fingerprint density at radius 3 is 2.65 bits per heavy atom. The summed E-state index contributed by atoms with van der Waals surface area (Å²) in [5, 5.41) is 12.5. The van der Waals surface area contributed by atoms with Gasteiger partial charge in [-0.3, -0.25) is 4.79 Å². The molecule has 1 aliphatic rings. The number of hydrogen-bond acceptors (Lipinski definition) is 5. The summed E-state index contributed by atoms with van der Waals surface area (Å²) in [5.74, 6) is 2.95. The van der Waals surface area contributed by atoms with Crippen molar-refractivity contribution in [3.63, 3.8) is 0 Å². The number of halogens is 1. The topological polar surface area (TPSA) is 59.8 Å². The van der Waals surface area contributed by atoms with Crippen molar-refractivity contribution in [3.05, 3.63) is 77.4 Å². The van der Waals surface area contributed by atoms with Crippen molar-refractivity contribution in [2.24, 2.45) is 0 Å². The molecule has 0 unspecified atom stereocenters. The van der Waals surface area contributed by atoms with Gasteiger partial charge >= 0.3 is 0 Å². The van der Waals surface area contributed by atoms with Gasteiger partial charge in [-0.05, 0) is 30.0 Å². The van der Waals surface area contributed by atoms with Crippen LogP contribution in [0.2, 0.25) is 0 Å². The summed E-state index contributed by atoms with van der Waals surface area (Å²) < 4.78 is 15.8. The Morgan fingerprint density at radius 1 is 1.10 bits per heavy atom. The molecular weight excluding hydrogens is 431 g/mol. The van der Waals surface area contributed by atoms with Crippen LogP contribution in [0.25, 0.3) is 0 Å². The second-order valence-corrected chi connectivity index (χ2v) is 9.52. The third kappa shape index (κ3) is 6.33. The van der Waals surface area contributed by atoms with Crippen LogP contribution in [-0.2, 0) is 17.1 Å². The SMILES string of the molecule is O=C(CSc1nnc(C2CC2)n1Cc1ccccc1)NCCSCc1ccccc1F. The van der Waals surface area contributed by atoms with E-state index in [0.717, 1.165) is 36.1 Å². The van der Waals surface area contributed by atoms with Crippen molar-refractivity contribution < 1.29 is 9.18 Å². The zero-order chi connectivity index (χ0) is 21.5. The van der Waals surface area contributed by atoms with Crippen LogP contribution in [0.3, 0.4) is 0 Å². The van der Waals surface area contributed by atoms with Gasteiger partial charge in [0.15, 0.2) is 5.16 Å². The summed E-state index contributed by atoms with van der Waals surface area (Å²) >= 11 is 3.03. The van der Waals surface area contributed by atoms with E-state index in [0.29, 0.717) is 29.5 Å². The number of benzene rings is 2. The molecule has 3 aromatic rings. The molecule has 1 heterocycles. The van der Waals surface area contributed by atoms with Crippen LogP contribution in [0.1, 0.15) is 35.7 Å². The lowest BCUT2D eigenvalue weighted by molar-refractivity contribution is -0.118. The maximum atomic E-state index is 13.6. The highest BCUT2D eigenvalue weighted by Crippen LogP contribution is 2.40. The largest absolute Gasteiger partial charge is 0.355 e. The molecule has 1 N–H and O–H groups in total. The quantitative estimate of drug-likeness (QED) is 0.340. The molecule has 0 aliphatic heterocycles. The number of hydrogen-bond donors (Lipinski definition) is 1. The summed E-state index contributed by atoms with van der Waals surface area (Å²) in [4.78, 5) is 12.3. The molecule has 1 aliphatic carbocycles. The summed E-state index contributed by atoms with van der Waals surface area (Å²) in [6, 6.07) is 17.0. The Kier molecular flexibility index (Phi) is 7.64. The Bertz CT molecular complexity index is 1010. The third-order valence-electron chi connectivity index (χ3n) is 4.99. The fourth-order valence-corrected chi connectivity index (χ4v) is 4.83. The molecule has 31 heavy (non-hydrogen) atoms. The van der Waals surface area contributed by atoms with E-state index in [4.69, 9.17) is 0 Å². The fraction of sp³-hybridized carbons (Fsp3) is 0.348. The highest BCUT2D eigenvalue weighted by atomic mass is 32.2. The van der Waals surface area contributed by atoms with Gasteiger partial charge in [-0.2, -0.15) is 11.8 Å². The monoisotopic (exact) mass is 456 g/mol. The van der Waals surface area contributed by atoms with Crippen LogP contribution in [0.5, 0.6) is 0 Å². The summed E-state index contributed by atoms with van der Waals surface area (Å²) in [6.45, 7) is 1.28. The van der Waals surface area contributed by atoms with E-state index in [9.17, 15) is 9.18 Å². The molecule has 1 aromatic heterocycles. The average molecular weight is 457 g/mol. The minimum atomic E-state index is -0.180. The van der Waals surface area contributed by atoms with E-state index >= 15 is 0 Å². The molecule has 1 amide bonds.